The molecule has 3 aromatic rings. The molecule has 0 radical (unpaired) electrons. The van der Waals surface area contributed by atoms with Gasteiger partial charge in [-0.05, 0) is 64.3 Å². The smallest absolute Gasteiger partial charge is 0.260 e. The Hall–Kier alpha value is -3.28. The summed E-state index contributed by atoms with van der Waals surface area (Å²) in [6, 6.07) is 15.8. The van der Waals surface area contributed by atoms with Crippen molar-refractivity contribution in [3.63, 3.8) is 0 Å². The first-order valence-electron chi connectivity index (χ1n) is 11.2. The van der Waals surface area contributed by atoms with Crippen LogP contribution >= 0.6 is 27.5 Å². The van der Waals surface area contributed by atoms with E-state index in [-0.39, 0.29) is 12.3 Å². The molecule has 0 heterocycles. The summed E-state index contributed by atoms with van der Waals surface area (Å²) in [7, 11) is -0.856. The highest BCUT2D eigenvalue weighted by Gasteiger charge is 2.24. The van der Waals surface area contributed by atoms with E-state index in [9.17, 15) is 13.2 Å². The number of hydrogen-bond acceptors (Lipinski definition) is 7. The molecule has 0 aromatic heterocycles. The van der Waals surface area contributed by atoms with Crippen molar-refractivity contribution in [1.29, 1.82) is 0 Å². The van der Waals surface area contributed by atoms with Gasteiger partial charge in [-0.15, -0.1) is 0 Å². The maximum atomic E-state index is 12.6. The van der Waals surface area contributed by atoms with E-state index in [1.165, 1.54) is 20.4 Å². The quantitative estimate of drug-likeness (QED) is 0.240. The topological polar surface area (TPSA) is 107 Å². The van der Waals surface area contributed by atoms with Gasteiger partial charge in [0.1, 0.15) is 18.9 Å². The molecule has 0 unspecified atom stereocenters. The Morgan fingerprint density at radius 2 is 1.82 bits per heavy atom. The molecule has 0 bridgehead atoms. The van der Waals surface area contributed by atoms with Gasteiger partial charge < -0.3 is 14.2 Å². The number of nitrogens with one attached hydrogen (secondary N) is 1. The molecule has 202 valence electrons. The Bertz CT molecular complexity index is 1450. The Morgan fingerprint density at radius 1 is 1.11 bits per heavy atom. The number of hydrogen-bond donors (Lipinski definition) is 1. The summed E-state index contributed by atoms with van der Waals surface area (Å²) in [5.41, 5.74) is 4.85. The van der Waals surface area contributed by atoms with Crippen molar-refractivity contribution in [2.45, 2.75) is 13.5 Å². The summed E-state index contributed by atoms with van der Waals surface area (Å²) < 4.78 is 43.2. The number of sulfonamides is 1. The lowest BCUT2D eigenvalue weighted by molar-refractivity contribution is -0.119. The minimum Gasteiger partial charge on any atom is -0.495 e. The van der Waals surface area contributed by atoms with Crippen LogP contribution in [0.3, 0.4) is 0 Å². The Kier molecular flexibility index (Phi) is 10.0. The molecule has 1 amide bonds. The summed E-state index contributed by atoms with van der Waals surface area (Å²) in [5, 5.41) is 4.56. The van der Waals surface area contributed by atoms with Crippen molar-refractivity contribution >= 4 is 55.4 Å². The Morgan fingerprint density at radius 3 is 2.47 bits per heavy atom. The largest absolute Gasteiger partial charge is 0.495 e. The van der Waals surface area contributed by atoms with Crippen LogP contribution in [0.1, 0.15) is 16.7 Å². The van der Waals surface area contributed by atoms with Crippen molar-refractivity contribution in [3.05, 3.63) is 80.8 Å². The zero-order chi connectivity index (χ0) is 27.9. The molecule has 0 fully saturated rings. The molecule has 0 aliphatic rings. The highest BCUT2D eigenvalue weighted by Crippen LogP contribution is 2.37. The maximum Gasteiger partial charge on any atom is 0.260 e. The predicted octanol–water partition coefficient (Wildman–Crippen LogP) is 4.92. The normalized spacial score (nSPS) is 11.3. The third kappa shape index (κ3) is 7.62. The van der Waals surface area contributed by atoms with E-state index in [0.717, 1.165) is 21.7 Å². The van der Waals surface area contributed by atoms with Crippen LogP contribution in [-0.2, 0) is 21.4 Å². The zero-order valence-electron chi connectivity index (χ0n) is 21.2. The third-order valence-corrected chi connectivity index (χ3v) is 7.36. The van der Waals surface area contributed by atoms with Gasteiger partial charge in [0.05, 0.1) is 36.9 Å². The lowest BCUT2D eigenvalue weighted by atomic mass is 10.2. The van der Waals surface area contributed by atoms with Crippen LogP contribution in [0.5, 0.6) is 17.2 Å². The van der Waals surface area contributed by atoms with Crippen LogP contribution in [0.2, 0.25) is 5.02 Å². The van der Waals surface area contributed by atoms with Crippen LogP contribution in [0, 0.1) is 6.92 Å². The number of methoxy groups -OCH3 is 2. The summed E-state index contributed by atoms with van der Waals surface area (Å²) in [5.74, 6) is 0.602. The second kappa shape index (κ2) is 13.0. The van der Waals surface area contributed by atoms with Gasteiger partial charge in [-0.2, -0.15) is 5.10 Å². The molecule has 1 N–H and O–H groups in total. The lowest BCUT2D eigenvalue weighted by Crippen LogP contribution is -2.39. The highest BCUT2D eigenvalue weighted by atomic mass is 79.9. The summed E-state index contributed by atoms with van der Waals surface area (Å²) in [4.78, 5) is 12.6. The summed E-state index contributed by atoms with van der Waals surface area (Å²) >= 11 is 9.69. The zero-order valence-corrected chi connectivity index (χ0v) is 24.4. The fraction of sp³-hybridized carbons (Fsp3) is 0.231. The van der Waals surface area contributed by atoms with E-state index in [4.69, 9.17) is 25.8 Å². The monoisotopic (exact) mass is 623 g/mol. The van der Waals surface area contributed by atoms with Gasteiger partial charge in [0.2, 0.25) is 10.0 Å². The fourth-order valence-corrected chi connectivity index (χ4v) is 5.06. The Labute approximate surface area is 235 Å². The van der Waals surface area contributed by atoms with Crippen molar-refractivity contribution in [2.24, 2.45) is 5.10 Å². The molecule has 3 rings (SSSR count). The first-order chi connectivity index (χ1) is 18.0. The minimum absolute atomic E-state index is 0.237. The molecule has 38 heavy (non-hydrogen) atoms. The van der Waals surface area contributed by atoms with Gasteiger partial charge in [0.15, 0.2) is 11.5 Å². The molecule has 3 aromatic carbocycles. The van der Waals surface area contributed by atoms with Crippen LogP contribution in [0.25, 0.3) is 0 Å². The number of rotatable bonds is 11. The second-order valence-corrected chi connectivity index (χ2v) is 11.3. The number of carbonyl (C=O) groups is 1. The number of nitrogens with zero attached hydrogens (tertiary/aromatic N) is 2. The summed E-state index contributed by atoms with van der Waals surface area (Å²) in [6.07, 6.45) is 2.42. The number of benzene rings is 3. The first-order valence-corrected chi connectivity index (χ1v) is 14.2. The number of ether oxygens (including phenoxy) is 3. The van der Waals surface area contributed by atoms with Crippen molar-refractivity contribution < 1.29 is 27.4 Å². The predicted molar refractivity (Wildman–Crippen MR) is 152 cm³/mol. The number of halogens is 2. The van der Waals surface area contributed by atoms with Crippen molar-refractivity contribution in [1.82, 2.24) is 5.43 Å². The first kappa shape index (κ1) is 29.3. The SMILES string of the molecule is COc1ccc(C)cc1N(CC(=O)N/N=C\c1cc(Br)c(OCc2ccccc2Cl)c(OC)c1)S(C)(=O)=O. The van der Waals surface area contributed by atoms with Gasteiger partial charge in [-0.1, -0.05) is 35.9 Å². The molecule has 0 aliphatic carbocycles. The molecule has 0 atom stereocenters. The molecule has 12 heteroatoms. The van der Waals surface area contributed by atoms with Crippen molar-refractivity contribution in [3.8, 4) is 17.2 Å². The van der Waals surface area contributed by atoms with Crippen LogP contribution < -0.4 is 23.9 Å². The highest BCUT2D eigenvalue weighted by molar-refractivity contribution is 9.10. The molecule has 0 saturated heterocycles. The molecule has 0 spiro atoms. The number of anilines is 1. The van der Waals surface area contributed by atoms with E-state index in [1.807, 2.05) is 25.1 Å². The average Bonchev–Trinajstić information content (AvgIpc) is 2.86. The summed E-state index contributed by atoms with van der Waals surface area (Å²) in [6.45, 7) is 1.56. The van der Waals surface area contributed by atoms with Crippen LogP contribution in [0.15, 0.2) is 64.2 Å². The minimum atomic E-state index is -3.79. The number of amides is 1. The van der Waals surface area contributed by atoms with Gasteiger partial charge >= 0.3 is 0 Å². The average molecular weight is 625 g/mol. The molecule has 9 nitrogen and oxygen atoms in total. The fourth-order valence-electron chi connectivity index (χ4n) is 3.44. The van der Waals surface area contributed by atoms with Crippen molar-refractivity contribution in [2.75, 3.05) is 31.3 Å². The van der Waals surface area contributed by atoms with Crippen LogP contribution in [0.4, 0.5) is 5.69 Å². The lowest BCUT2D eigenvalue weighted by Gasteiger charge is -2.23. The van der Waals surface area contributed by atoms with E-state index < -0.39 is 22.5 Å². The molecular weight excluding hydrogens is 598 g/mol. The Balaban J connectivity index is 1.72. The van der Waals surface area contributed by atoms with Crippen LogP contribution in [-0.4, -0.2) is 47.6 Å². The standard InChI is InChI=1S/C26H27BrClN3O6S/c1-17-9-10-23(35-2)22(11-17)31(38(4,33)34)15-25(32)30-29-14-18-12-20(27)26(24(13-18)36-3)37-16-19-7-5-6-8-21(19)28/h5-14H,15-16H2,1-4H3,(H,30,32)/b29-14-. The maximum absolute atomic E-state index is 12.6. The van der Waals surface area contributed by atoms with E-state index in [0.29, 0.717) is 32.3 Å². The number of carbonyl (C=O) groups excluding carboxylic acids is 1. The molecular formula is C26H27BrClN3O6S. The number of hydrazone groups is 1. The van der Waals surface area contributed by atoms with E-state index in [1.54, 1.807) is 36.4 Å². The van der Waals surface area contributed by atoms with Gasteiger partial charge in [0.25, 0.3) is 5.91 Å². The second-order valence-electron chi connectivity index (χ2n) is 8.15. The van der Waals surface area contributed by atoms with E-state index >= 15 is 0 Å². The molecule has 0 aliphatic heterocycles. The van der Waals surface area contributed by atoms with Gasteiger partial charge in [0, 0.05) is 10.6 Å². The molecule has 0 saturated carbocycles. The number of aryl methyl sites for hydroxylation is 1. The van der Waals surface area contributed by atoms with E-state index in [2.05, 4.69) is 26.5 Å². The van der Waals surface area contributed by atoms with Gasteiger partial charge in [-0.3, -0.25) is 9.10 Å². The van der Waals surface area contributed by atoms with Gasteiger partial charge in [-0.25, -0.2) is 13.8 Å². The third-order valence-electron chi connectivity index (χ3n) is 5.28.